The van der Waals surface area contributed by atoms with Gasteiger partial charge in [-0.1, -0.05) is 16.8 Å². The summed E-state index contributed by atoms with van der Waals surface area (Å²) in [6.45, 7) is 1.03. The summed E-state index contributed by atoms with van der Waals surface area (Å²) in [5.74, 6) is 0.220. The Hall–Kier alpha value is -2.52. The molecule has 0 bridgehead atoms. The lowest BCUT2D eigenvalue weighted by Gasteiger charge is -2.35. The highest BCUT2D eigenvalue weighted by molar-refractivity contribution is 6.29. The van der Waals surface area contributed by atoms with E-state index in [0.29, 0.717) is 53.6 Å². The lowest BCUT2D eigenvalue weighted by molar-refractivity contribution is 0.0314. The number of amides is 1. The minimum Gasteiger partial charge on any atom is -0.381 e. The fraction of sp³-hybridized carbons (Fsp3) is 0.357. The number of fused-ring (bicyclic) bond motifs is 1. The molecular formula is C14H14ClN7O2. The van der Waals surface area contributed by atoms with Crippen molar-refractivity contribution in [1.29, 1.82) is 0 Å². The van der Waals surface area contributed by atoms with Gasteiger partial charge in [0.1, 0.15) is 16.3 Å². The van der Waals surface area contributed by atoms with Crippen LogP contribution in [-0.2, 0) is 10.3 Å². The van der Waals surface area contributed by atoms with Crippen molar-refractivity contribution in [2.24, 2.45) is 0 Å². The summed E-state index contributed by atoms with van der Waals surface area (Å²) in [7, 11) is 0. The Kier molecular flexibility index (Phi) is 3.66. The zero-order valence-corrected chi connectivity index (χ0v) is 13.3. The topological polar surface area (TPSA) is 121 Å². The van der Waals surface area contributed by atoms with E-state index in [0.717, 1.165) is 0 Å². The fourth-order valence-electron chi connectivity index (χ4n) is 2.94. The van der Waals surface area contributed by atoms with Crippen LogP contribution >= 0.6 is 11.6 Å². The Morgan fingerprint density at radius 2 is 2.17 bits per heavy atom. The molecule has 1 amide bonds. The third kappa shape index (κ3) is 2.51. The molecular weight excluding hydrogens is 334 g/mol. The molecule has 3 aromatic rings. The molecule has 0 atom stereocenters. The van der Waals surface area contributed by atoms with Gasteiger partial charge in [-0.2, -0.15) is 5.21 Å². The minimum absolute atomic E-state index is 0.239. The van der Waals surface area contributed by atoms with Crippen LogP contribution in [0.15, 0.2) is 18.3 Å². The molecule has 4 rings (SSSR count). The van der Waals surface area contributed by atoms with Crippen LogP contribution in [0.2, 0.25) is 5.15 Å². The number of aromatic amines is 2. The molecule has 9 nitrogen and oxygen atoms in total. The Morgan fingerprint density at radius 3 is 2.92 bits per heavy atom. The molecule has 4 heterocycles. The standard InChI is InChI=1S/C14H14ClN7O2/c15-10-2-1-8-9(7-16-11(8)17-10)12(23)18-14(3-5-24-6-4-14)13-19-21-22-20-13/h1-2,7H,3-6H2,(H,16,17)(H,18,23)(H,19,20,21,22). The number of tetrazole rings is 1. The van der Waals surface area contributed by atoms with Crippen molar-refractivity contribution in [3.8, 4) is 0 Å². The van der Waals surface area contributed by atoms with Crippen molar-refractivity contribution in [3.05, 3.63) is 34.9 Å². The van der Waals surface area contributed by atoms with E-state index in [1.165, 1.54) is 0 Å². The Balaban J connectivity index is 1.68. The van der Waals surface area contributed by atoms with Crippen molar-refractivity contribution in [2.45, 2.75) is 18.4 Å². The maximum absolute atomic E-state index is 12.9. The van der Waals surface area contributed by atoms with Crippen LogP contribution in [0.5, 0.6) is 0 Å². The molecule has 0 saturated carbocycles. The summed E-state index contributed by atoms with van der Waals surface area (Å²) in [6, 6.07) is 3.42. The number of hydrogen-bond acceptors (Lipinski definition) is 6. The zero-order valence-electron chi connectivity index (χ0n) is 12.5. The number of pyridine rings is 1. The van der Waals surface area contributed by atoms with Crippen molar-refractivity contribution in [3.63, 3.8) is 0 Å². The number of carbonyl (C=O) groups is 1. The van der Waals surface area contributed by atoms with Gasteiger partial charge in [-0.05, 0) is 12.1 Å². The normalized spacial score (nSPS) is 17.0. The van der Waals surface area contributed by atoms with Gasteiger partial charge >= 0.3 is 0 Å². The summed E-state index contributed by atoms with van der Waals surface area (Å²) < 4.78 is 5.41. The van der Waals surface area contributed by atoms with Crippen molar-refractivity contribution in [1.82, 2.24) is 35.9 Å². The van der Waals surface area contributed by atoms with Crippen molar-refractivity contribution in [2.75, 3.05) is 13.2 Å². The van der Waals surface area contributed by atoms with Crippen LogP contribution in [0.25, 0.3) is 11.0 Å². The van der Waals surface area contributed by atoms with Gasteiger partial charge in [0, 0.05) is 37.6 Å². The highest BCUT2D eigenvalue weighted by Gasteiger charge is 2.40. The molecule has 1 saturated heterocycles. The van der Waals surface area contributed by atoms with Crippen molar-refractivity contribution >= 4 is 28.5 Å². The minimum atomic E-state index is -0.703. The predicted octanol–water partition coefficient (Wildman–Crippen LogP) is 1.17. The second kappa shape index (κ2) is 5.84. The number of carbonyl (C=O) groups excluding carboxylic acids is 1. The van der Waals surface area contributed by atoms with Gasteiger partial charge in [-0.25, -0.2) is 4.98 Å². The number of ether oxygens (including phenoxy) is 1. The monoisotopic (exact) mass is 347 g/mol. The summed E-state index contributed by atoms with van der Waals surface area (Å²) >= 11 is 5.88. The summed E-state index contributed by atoms with van der Waals surface area (Å²) in [6.07, 6.45) is 2.77. The summed E-state index contributed by atoms with van der Waals surface area (Å²) in [5.41, 5.74) is 0.350. The molecule has 24 heavy (non-hydrogen) atoms. The summed E-state index contributed by atoms with van der Waals surface area (Å²) in [5, 5.41) is 18.3. The molecule has 1 fully saturated rings. The van der Waals surface area contributed by atoms with E-state index >= 15 is 0 Å². The van der Waals surface area contributed by atoms with Crippen LogP contribution in [0.4, 0.5) is 0 Å². The number of rotatable bonds is 3. The molecule has 10 heteroatoms. The quantitative estimate of drug-likeness (QED) is 0.611. The first-order chi connectivity index (χ1) is 11.7. The number of H-pyrrole nitrogens is 2. The van der Waals surface area contributed by atoms with Crippen molar-refractivity contribution < 1.29 is 9.53 Å². The molecule has 3 aromatic heterocycles. The maximum Gasteiger partial charge on any atom is 0.254 e. The van der Waals surface area contributed by atoms with Gasteiger partial charge in [0.05, 0.1) is 5.56 Å². The molecule has 0 spiro atoms. The van der Waals surface area contributed by atoms with E-state index in [1.807, 2.05) is 0 Å². The number of nitrogens with zero attached hydrogens (tertiary/aromatic N) is 4. The average molecular weight is 348 g/mol. The number of halogens is 1. The van der Waals surface area contributed by atoms with Crippen LogP contribution in [0.1, 0.15) is 29.0 Å². The first kappa shape index (κ1) is 15.0. The first-order valence-electron chi connectivity index (χ1n) is 7.46. The van der Waals surface area contributed by atoms with Crippen LogP contribution in [0.3, 0.4) is 0 Å². The molecule has 1 aliphatic heterocycles. The second-order valence-electron chi connectivity index (χ2n) is 5.62. The first-order valence-corrected chi connectivity index (χ1v) is 7.84. The van der Waals surface area contributed by atoms with Gasteiger partial charge in [0.25, 0.3) is 5.91 Å². The lowest BCUT2D eigenvalue weighted by Crippen LogP contribution is -2.50. The van der Waals surface area contributed by atoms with E-state index in [9.17, 15) is 4.79 Å². The Labute approximate surface area is 141 Å². The smallest absolute Gasteiger partial charge is 0.254 e. The van der Waals surface area contributed by atoms with E-state index in [4.69, 9.17) is 16.3 Å². The highest BCUT2D eigenvalue weighted by Crippen LogP contribution is 2.30. The average Bonchev–Trinajstić information content (AvgIpc) is 3.25. The van der Waals surface area contributed by atoms with Crippen LogP contribution in [-0.4, -0.2) is 49.7 Å². The van der Waals surface area contributed by atoms with Gasteiger partial charge in [-0.3, -0.25) is 4.79 Å². The molecule has 0 aliphatic carbocycles. The number of nitrogens with one attached hydrogen (secondary N) is 3. The molecule has 1 aliphatic rings. The molecule has 124 valence electrons. The third-order valence-corrected chi connectivity index (χ3v) is 4.43. The van der Waals surface area contributed by atoms with E-state index in [2.05, 4.69) is 35.9 Å². The van der Waals surface area contributed by atoms with Gasteiger partial charge < -0.3 is 15.0 Å². The fourth-order valence-corrected chi connectivity index (χ4v) is 3.09. The van der Waals surface area contributed by atoms with E-state index in [1.54, 1.807) is 18.3 Å². The summed E-state index contributed by atoms with van der Waals surface area (Å²) in [4.78, 5) is 20.0. The number of hydrogen-bond donors (Lipinski definition) is 3. The van der Waals surface area contributed by atoms with E-state index in [-0.39, 0.29) is 5.91 Å². The molecule has 0 unspecified atom stereocenters. The second-order valence-corrected chi connectivity index (χ2v) is 6.00. The maximum atomic E-state index is 12.9. The van der Waals surface area contributed by atoms with Gasteiger partial charge in [0.2, 0.25) is 0 Å². The molecule has 0 aromatic carbocycles. The third-order valence-electron chi connectivity index (χ3n) is 4.22. The molecule has 3 N–H and O–H groups in total. The number of aromatic nitrogens is 6. The van der Waals surface area contributed by atoms with Gasteiger partial charge in [-0.15, -0.1) is 10.2 Å². The van der Waals surface area contributed by atoms with Gasteiger partial charge in [0.15, 0.2) is 5.82 Å². The van der Waals surface area contributed by atoms with Crippen LogP contribution < -0.4 is 5.32 Å². The lowest BCUT2D eigenvalue weighted by atomic mass is 9.88. The molecule has 0 radical (unpaired) electrons. The van der Waals surface area contributed by atoms with Crippen LogP contribution in [0, 0.1) is 0 Å². The largest absolute Gasteiger partial charge is 0.381 e. The Morgan fingerprint density at radius 1 is 1.33 bits per heavy atom. The highest BCUT2D eigenvalue weighted by atomic mass is 35.5. The Bertz CT molecular complexity index is 871. The predicted molar refractivity (Wildman–Crippen MR) is 84.5 cm³/mol. The zero-order chi connectivity index (χ0) is 16.6. The SMILES string of the molecule is O=C(NC1(c2nn[nH]n2)CCOCC1)c1c[nH]c2nc(Cl)ccc12. The van der Waals surface area contributed by atoms with E-state index < -0.39 is 5.54 Å².